The molecule has 0 aliphatic carbocycles. The topological polar surface area (TPSA) is 69.8 Å². The number of nitrogens with two attached hydrogens (primary N) is 1. The van der Waals surface area contributed by atoms with Crippen molar-refractivity contribution in [1.29, 1.82) is 0 Å². The molecular formula is C13H19N3O2. The first kappa shape index (κ1) is 12.7. The van der Waals surface area contributed by atoms with Crippen molar-refractivity contribution in [2.75, 3.05) is 32.9 Å². The zero-order chi connectivity index (χ0) is 13.3. The van der Waals surface area contributed by atoms with E-state index in [1.165, 1.54) is 0 Å². The average molecular weight is 249 g/mol. The monoisotopic (exact) mass is 249 g/mol. The van der Waals surface area contributed by atoms with E-state index in [1.54, 1.807) is 23.1 Å². The summed E-state index contributed by atoms with van der Waals surface area (Å²) in [5.41, 5.74) is 6.13. The highest BCUT2D eigenvalue weighted by molar-refractivity contribution is 5.98. The number of phenolic OH excluding ortho intramolecular Hbond substituents is 1. The van der Waals surface area contributed by atoms with Crippen LogP contribution in [0.4, 0.5) is 5.69 Å². The Balaban J connectivity index is 2.16. The van der Waals surface area contributed by atoms with Gasteiger partial charge in [-0.05, 0) is 32.6 Å². The highest BCUT2D eigenvalue weighted by Gasteiger charge is 2.29. The fourth-order valence-corrected chi connectivity index (χ4v) is 2.25. The maximum Gasteiger partial charge on any atom is 0.257 e. The van der Waals surface area contributed by atoms with Crippen molar-refractivity contribution in [2.45, 2.75) is 12.5 Å². The second-order valence-electron chi connectivity index (χ2n) is 4.90. The first-order valence-corrected chi connectivity index (χ1v) is 6.04. The van der Waals surface area contributed by atoms with E-state index in [1.807, 2.05) is 14.1 Å². The van der Waals surface area contributed by atoms with Crippen LogP contribution >= 0.6 is 0 Å². The van der Waals surface area contributed by atoms with Gasteiger partial charge in [0.2, 0.25) is 0 Å². The molecule has 1 heterocycles. The number of aromatic hydroxyl groups is 1. The van der Waals surface area contributed by atoms with Crippen LogP contribution in [0.25, 0.3) is 0 Å². The normalized spacial score (nSPS) is 19.5. The minimum Gasteiger partial charge on any atom is -0.505 e. The van der Waals surface area contributed by atoms with Gasteiger partial charge in [0.25, 0.3) is 5.91 Å². The number of likely N-dealkylation sites (N-methyl/N-ethyl adjacent to an activating group) is 1. The molecule has 0 radical (unpaired) electrons. The minimum absolute atomic E-state index is 0.115. The van der Waals surface area contributed by atoms with Crippen LogP contribution in [0.3, 0.4) is 0 Å². The molecule has 1 aliphatic heterocycles. The van der Waals surface area contributed by atoms with Crippen LogP contribution in [0.1, 0.15) is 16.8 Å². The molecule has 0 spiro atoms. The molecule has 0 aromatic heterocycles. The highest BCUT2D eigenvalue weighted by atomic mass is 16.3. The molecule has 98 valence electrons. The third-order valence-electron chi connectivity index (χ3n) is 3.48. The smallest absolute Gasteiger partial charge is 0.257 e. The Morgan fingerprint density at radius 2 is 2.22 bits per heavy atom. The van der Waals surface area contributed by atoms with Crippen molar-refractivity contribution >= 4 is 11.6 Å². The fourth-order valence-electron chi connectivity index (χ4n) is 2.25. The van der Waals surface area contributed by atoms with E-state index in [0.717, 1.165) is 13.0 Å². The number of benzene rings is 1. The van der Waals surface area contributed by atoms with E-state index in [4.69, 9.17) is 5.73 Å². The van der Waals surface area contributed by atoms with Gasteiger partial charge in [0, 0.05) is 19.1 Å². The van der Waals surface area contributed by atoms with E-state index in [2.05, 4.69) is 4.90 Å². The first-order chi connectivity index (χ1) is 8.50. The lowest BCUT2D eigenvalue weighted by Gasteiger charge is -2.20. The number of hydrogen-bond acceptors (Lipinski definition) is 4. The molecule has 1 amide bonds. The van der Waals surface area contributed by atoms with Gasteiger partial charge in [-0.1, -0.05) is 6.07 Å². The molecule has 1 fully saturated rings. The molecule has 18 heavy (non-hydrogen) atoms. The lowest BCUT2D eigenvalue weighted by atomic mass is 10.1. The molecule has 1 unspecified atom stereocenters. The van der Waals surface area contributed by atoms with Crippen molar-refractivity contribution in [2.24, 2.45) is 0 Å². The van der Waals surface area contributed by atoms with Gasteiger partial charge in [-0.2, -0.15) is 0 Å². The second kappa shape index (κ2) is 4.86. The van der Waals surface area contributed by atoms with Gasteiger partial charge >= 0.3 is 0 Å². The number of carbonyl (C=O) groups excluding carboxylic acids is 1. The molecule has 1 aromatic carbocycles. The summed E-state index contributed by atoms with van der Waals surface area (Å²) in [4.78, 5) is 16.2. The van der Waals surface area contributed by atoms with E-state index in [0.29, 0.717) is 12.6 Å². The molecule has 0 saturated carbocycles. The molecule has 0 bridgehead atoms. The number of para-hydroxylation sites is 1. The molecular weight excluding hydrogens is 230 g/mol. The summed E-state index contributed by atoms with van der Waals surface area (Å²) in [6.45, 7) is 1.41. The third-order valence-corrected chi connectivity index (χ3v) is 3.48. The number of hydrogen-bond donors (Lipinski definition) is 2. The van der Waals surface area contributed by atoms with Gasteiger partial charge in [0.15, 0.2) is 5.75 Å². The van der Waals surface area contributed by atoms with Crippen LogP contribution in [0, 0.1) is 0 Å². The van der Waals surface area contributed by atoms with Crippen LogP contribution in [-0.2, 0) is 0 Å². The maximum atomic E-state index is 12.3. The molecule has 3 N–H and O–H groups in total. The van der Waals surface area contributed by atoms with E-state index >= 15 is 0 Å². The number of nitrogen functional groups attached to an aromatic ring is 1. The Hall–Kier alpha value is -1.75. The zero-order valence-electron chi connectivity index (χ0n) is 10.8. The second-order valence-corrected chi connectivity index (χ2v) is 4.90. The van der Waals surface area contributed by atoms with Crippen molar-refractivity contribution in [1.82, 2.24) is 9.80 Å². The maximum absolute atomic E-state index is 12.3. The number of rotatable bonds is 2. The number of phenols is 1. The molecule has 5 heteroatoms. The van der Waals surface area contributed by atoms with Gasteiger partial charge in [-0.15, -0.1) is 0 Å². The number of nitrogens with zero attached hydrogens (tertiary/aromatic N) is 2. The Bertz CT molecular complexity index is 460. The van der Waals surface area contributed by atoms with E-state index in [-0.39, 0.29) is 22.9 Å². The van der Waals surface area contributed by atoms with E-state index < -0.39 is 0 Å². The summed E-state index contributed by atoms with van der Waals surface area (Å²) < 4.78 is 0. The summed E-state index contributed by atoms with van der Waals surface area (Å²) in [6.07, 6.45) is 0.960. The minimum atomic E-state index is -0.149. The highest BCUT2D eigenvalue weighted by Crippen LogP contribution is 2.27. The third kappa shape index (κ3) is 2.26. The predicted molar refractivity (Wildman–Crippen MR) is 70.5 cm³/mol. The molecule has 5 nitrogen and oxygen atoms in total. The summed E-state index contributed by atoms with van der Waals surface area (Å²) in [5, 5.41) is 9.82. The largest absolute Gasteiger partial charge is 0.505 e. The molecule has 1 saturated heterocycles. The summed E-state index contributed by atoms with van der Waals surface area (Å²) in [5.74, 6) is -0.264. The number of amides is 1. The fraction of sp³-hybridized carbons (Fsp3) is 0.462. The Kier molecular flexibility index (Phi) is 3.43. The lowest BCUT2D eigenvalue weighted by Crippen LogP contribution is -2.34. The first-order valence-electron chi connectivity index (χ1n) is 6.04. The summed E-state index contributed by atoms with van der Waals surface area (Å²) >= 11 is 0. The van der Waals surface area contributed by atoms with Gasteiger partial charge in [0.05, 0.1) is 11.3 Å². The SMILES string of the molecule is CN(C)C1CCN(C(=O)c2cccc(N)c2O)C1. The van der Waals surface area contributed by atoms with Crippen LogP contribution < -0.4 is 5.73 Å². The molecule has 1 aromatic rings. The Morgan fingerprint density at radius 3 is 2.83 bits per heavy atom. The molecule has 1 atom stereocenters. The van der Waals surface area contributed by atoms with Crippen molar-refractivity contribution in [3.8, 4) is 5.75 Å². The summed E-state index contributed by atoms with van der Waals surface area (Å²) in [7, 11) is 4.02. The number of carbonyl (C=O) groups is 1. The zero-order valence-corrected chi connectivity index (χ0v) is 10.8. The average Bonchev–Trinajstić information content (AvgIpc) is 2.81. The Morgan fingerprint density at radius 1 is 1.50 bits per heavy atom. The van der Waals surface area contributed by atoms with Crippen LogP contribution in [0.2, 0.25) is 0 Å². The van der Waals surface area contributed by atoms with Crippen molar-refractivity contribution < 1.29 is 9.90 Å². The van der Waals surface area contributed by atoms with Gasteiger partial charge < -0.3 is 20.6 Å². The molecule has 2 rings (SSSR count). The number of likely N-dealkylation sites (tertiary alicyclic amines) is 1. The van der Waals surface area contributed by atoms with Crippen LogP contribution in [-0.4, -0.2) is 54.0 Å². The summed E-state index contributed by atoms with van der Waals surface area (Å²) in [6, 6.07) is 5.26. The lowest BCUT2D eigenvalue weighted by molar-refractivity contribution is 0.0780. The van der Waals surface area contributed by atoms with Crippen LogP contribution in [0.5, 0.6) is 5.75 Å². The van der Waals surface area contributed by atoms with Gasteiger partial charge in [0.1, 0.15) is 0 Å². The predicted octanol–water partition coefficient (Wildman–Crippen LogP) is 0.750. The molecule has 1 aliphatic rings. The van der Waals surface area contributed by atoms with Gasteiger partial charge in [-0.3, -0.25) is 4.79 Å². The van der Waals surface area contributed by atoms with Crippen molar-refractivity contribution in [3.05, 3.63) is 23.8 Å². The van der Waals surface area contributed by atoms with Crippen LogP contribution in [0.15, 0.2) is 18.2 Å². The van der Waals surface area contributed by atoms with E-state index in [9.17, 15) is 9.90 Å². The quantitative estimate of drug-likeness (QED) is 0.599. The number of anilines is 1. The Labute approximate surface area is 107 Å². The standard InChI is InChI=1S/C13H19N3O2/c1-15(2)9-6-7-16(8-9)13(18)10-4-3-5-11(14)12(10)17/h3-5,9,17H,6-8,14H2,1-2H3. The van der Waals surface area contributed by atoms with Gasteiger partial charge in [-0.25, -0.2) is 0 Å². The van der Waals surface area contributed by atoms with Crippen molar-refractivity contribution in [3.63, 3.8) is 0 Å².